The monoisotopic (exact) mass is 672 g/mol. The number of hydrogen-bond acceptors (Lipinski definition) is 14. The summed E-state index contributed by atoms with van der Waals surface area (Å²) in [7, 11) is 1.37. The Kier molecular flexibility index (Phi) is 10.3. The number of aromatic hydroxyl groups is 2. The van der Waals surface area contributed by atoms with Crippen molar-refractivity contribution in [2.75, 3.05) is 13.7 Å². The number of carboxylic acids is 1. The zero-order valence-corrected chi connectivity index (χ0v) is 25.9. The quantitative estimate of drug-likeness (QED) is 0.155. The SMILES string of the molecule is COc1cc(C=CC(=O)OCC2OC(OC3OC=C(C(=O)O)C4CCC(C)(O)C34)C(OC(=O)c3ccc(O)cc3)C(O)C2O)ccc1O. The summed E-state index contributed by atoms with van der Waals surface area (Å²) in [6.45, 7) is 0.923. The molecular weight excluding hydrogens is 636 g/mol. The van der Waals surface area contributed by atoms with Crippen LogP contribution in [0.2, 0.25) is 0 Å². The zero-order chi connectivity index (χ0) is 34.7. The lowest BCUT2D eigenvalue weighted by Gasteiger charge is -2.45. The van der Waals surface area contributed by atoms with Crippen LogP contribution in [0.4, 0.5) is 0 Å². The van der Waals surface area contributed by atoms with E-state index in [9.17, 15) is 45.0 Å². The van der Waals surface area contributed by atoms with Crippen LogP contribution in [0.25, 0.3) is 6.08 Å². The summed E-state index contributed by atoms with van der Waals surface area (Å²) in [6.07, 6.45) is -5.68. The molecular formula is C33H36O15. The molecule has 2 aromatic carbocycles. The Hall–Kier alpha value is -4.67. The molecule has 0 radical (unpaired) electrons. The van der Waals surface area contributed by atoms with Crippen molar-refractivity contribution in [2.45, 2.75) is 62.4 Å². The lowest BCUT2D eigenvalue weighted by atomic mass is 9.81. The molecule has 9 atom stereocenters. The van der Waals surface area contributed by atoms with E-state index in [4.69, 9.17) is 28.4 Å². The first-order valence-electron chi connectivity index (χ1n) is 15.0. The Labute approximate surface area is 274 Å². The summed E-state index contributed by atoms with van der Waals surface area (Å²) in [5.74, 6) is -4.63. The predicted octanol–water partition coefficient (Wildman–Crippen LogP) is 1.45. The topological polar surface area (TPSA) is 228 Å². The standard InChI is InChI=1S/C33H36O15/c1-33(42)12-11-19-20(29(39)40)14-45-31(25(19)33)48-32-28(47-30(41)17-5-7-18(34)8-6-17)27(38)26(37)23(46-32)15-44-24(36)10-4-16-3-9-21(35)22(13-16)43-2/h3-10,13-14,19,23,25-28,31-32,34-35,37-38,42H,11-12,15H2,1-2H3,(H,39,40). The number of hydrogen-bond donors (Lipinski definition) is 6. The highest BCUT2D eigenvalue weighted by Gasteiger charge is 2.56. The van der Waals surface area contributed by atoms with Gasteiger partial charge in [-0.2, -0.15) is 0 Å². The summed E-state index contributed by atoms with van der Waals surface area (Å²) < 4.78 is 33.4. The summed E-state index contributed by atoms with van der Waals surface area (Å²) in [4.78, 5) is 37.4. The van der Waals surface area contributed by atoms with Crippen LogP contribution >= 0.6 is 0 Å². The molecule has 1 saturated carbocycles. The van der Waals surface area contributed by atoms with Crippen LogP contribution in [0, 0.1) is 11.8 Å². The first-order valence-corrected chi connectivity index (χ1v) is 15.0. The number of carbonyl (C=O) groups excluding carboxylic acids is 2. The number of carbonyl (C=O) groups is 3. The number of aliphatic carboxylic acids is 1. The van der Waals surface area contributed by atoms with Gasteiger partial charge in [-0.05, 0) is 67.8 Å². The molecule has 0 amide bonds. The Morgan fingerprint density at radius 1 is 1.04 bits per heavy atom. The molecule has 1 aliphatic carbocycles. The van der Waals surface area contributed by atoms with Gasteiger partial charge in [0.2, 0.25) is 12.6 Å². The highest BCUT2D eigenvalue weighted by Crippen LogP contribution is 2.49. The Morgan fingerprint density at radius 2 is 1.77 bits per heavy atom. The van der Waals surface area contributed by atoms with Gasteiger partial charge < -0.3 is 59.1 Å². The highest BCUT2D eigenvalue weighted by molar-refractivity contribution is 5.90. The molecule has 0 bridgehead atoms. The molecule has 9 unspecified atom stereocenters. The minimum absolute atomic E-state index is 0.0101. The molecule has 6 N–H and O–H groups in total. The van der Waals surface area contributed by atoms with Crippen molar-refractivity contribution in [2.24, 2.45) is 11.8 Å². The second kappa shape index (κ2) is 14.2. The third-order valence-electron chi connectivity index (χ3n) is 8.65. The number of methoxy groups -OCH3 is 1. The number of phenolic OH excluding ortho intramolecular Hbond substituents is 2. The average molecular weight is 673 g/mol. The number of ether oxygens (including phenoxy) is 6. The van der Waals surface area contributed by atoms with Gasteiger partial charge in [-0.3, -0.25) is 0 Å². The van der Waals surface area contributed by atoms with E-state index in [2.05, 4.69) is 0 Å². The van der Waals surface area contributed by atoms with E-state index in [-0.39, 0.29) is 34.8 Å². The van der Waals surface area contributed by atoms with E-state index in [1.807, 2.05) is 0 Å². The smallest absolute Gasteiger partial charge is 0.338 e. The van der Waals surface area contributed by atoms with Gasteiger partial charge in [0.1, 0.15) is 30.7 Å². The van der Waals surface area contributed by atoms with Crippen LogP contribution in [-0.2, 0) is 33.3 Å². The van der Waals surface area contributed by atoms with Gasteiger partial charge in [0, 0.05) is 12.0 Å². The first-order chi connectivity index (χ1) is 22.8. The molecule has 0 aromatic heterocycles. The first kappa shape index (κ1) is 34.7. The van der Waals surface area contributed by atoms with E-state index < -0.39 is 78.9 Å². The van der Waals surface area contributed by atoms with Gasteiger partial charge in [-0.25, -0.2) is 14.4 Å². The molecule has 2 aliphatic heterocycles. The van der Waals surface area contributed by atoms with Gasteiger partial charge in [-0.15, -0.1) is 0 Å². The van der Waals surface area contributed by atoms with Crippen molar-refractivity contribution < 1.29 is 73.4 Å². The second-order valence-electron chi connectivity index (χ2n) is 11.9. The molecule has 2 aromatic rings. The number of phenols is 2. The van der Waals surface area contributed by atoms with Gasteiger partial charge in [-0.1, -0.05) is 6.07 Å². The Morgan fingerprint density at radius 3 is 2.46 bits per heavy atom. The van der Waals surface area contributed by atoms with E-state index in [0.29, 0.717) is 12.0 Å². The van der Waals surface area contributed by atoms with Crippen LogP contribution in [0.1, 0.15) is 35.7 Å². The zero-order valence-electron chi connectivity index (χ0n) is 25.9. The second-order valence-corrected chi connectivity index (χ2v) is 11.9. The van der Waals surface area contributed by atoms with Gasteiger partial charge in [0.25, 0.3) is 0 Å². The number of carboxylic acid groups (broad SMARTS) is 1. The average Bonchev–Trinajstić information content (AvgIpc) is 3.38. The van der Waals surface area contributed by atoms with Crippen LogP contribution in [0.5, 0.6) is 17.2 Å². The molecule has 48 heavy (non-hydrogen) atoms. The summed E-state index contributed by atoms with van der Waals surface area (Å²) in [6, 6.07) is 9.42. The van der Waals surface area contributed by atoms with Crippen molar-refractivity contribution in [3.8, 4) is 17.2 Å². The third kappa shape index (κ3) is 7.40. The lowest BCUT2D eigenvalue weighted by Crippen LogP contribution is -2.62. The maximum Gasteiger partial charge on any atom is 0.338 e. The molecule has 2 fully saturated rings. The van der Waals surface area contributed by atoms with Crippen molar-refractivity contribution in [3.63, 3.8) is 0 Å². The maximum atomic E-state index is 13.0. The van der Waals surface area contributed by atoms with Crippen LogP contribution in [0.15, 0.2) is 60.4 Å². The fourth-order valence-electron chi connectivity index (χ4n) is 6.07. The van der Waals surface area contributed by atoms with Crippen molar-refractivity contribution in [1.29, 1.82) is 0 Å². The summed E-state index contributed by atoms with van der Waals surface area (Å²) >= 11 is 0. The number of benzene rings is 2. The van der Waals surface area contributed by atoms with E-state index in [1.165, 1.54) is 62.6 Å². The van der Waals surface area contributed by atoms with Crippen molar-refractivity contribution in [3.05, 3.63) is 71.5 Å². The molecule has 15 heteroatoms. The highest BCUT2D eigenvalue weighted by atomic mass is 16.8. The number of esters is 2. The Balaban J connectivity index is 1.35. The molecule has 3 aliphatic rings. The molecule has 2 heterocycles. The van der Waals surface area contributed by atoms with Gasteiger partial charge >= 0.3 is 17.9 Å². The van der Waals surface area contributed by atoms with Crippen LogP contribution in [-0.4, -0.2) is 105 Å². The summed E-state index contributed by atoms with van der Waals surface area (Å²) in [5.41, 5.74) is -0.995. The number of aliphatic hydroxyl groups is 3. The number of aliphatic hydroxyl groups excluding tert-OH is 2. The predicted molar refractivity (Wildman–Crippen MR) is 161 cm³/mol. The van der Waals surface area contributed by atoms with Crippen molar-refractivity contribution in [1.82, 2.24) is 0 Å². The molecule has 0 spiro atoms. The third-order valence-corrected chi connectivity index (χ3v) is 8.65. The van der Waals surface area contributed by atoms with Crippen molar-refractivity contribution >= 4 is 24.0 Å². The van der Waals surface area contributed by atoms with E-state index in [1.54, 1.807) is 0 Å². The Bertz CT molecular complexity index is 1570. The van der Waals surface area contributed by atoms with Crippen LogP contribution < -0.4 is 4.74 Å². The fourth-order valence-corrected chi connectivity index (χ4v) is 6.07. The van der Waals surface area contributed by atoms with Gasteiger partial charge in [0.15, 0.2) is 17.6 Å². The minimum atomic E-state index is -1.85. The number of rotatable bonds is 10. The van der Waals surface area contributed by atoms with Gasteiger partial charge in [0.05, 0.1) is 36.0 Å². The van der Waals surface area contributed by atoms with E-state index in [0.717, 1.165) is 12.3 Å². The fraction of sp³-hybridized carbons (Fsp3) is 0.424. The molecule has 5 rings (SSSR count). The maximum absolute atomic E-state index is 13.0. The largest absolute Gasteiger partial charge is 0.508 e. The van der Waals surface area contributed by atoms with Crippen LogP contribution in [0.3, 0.4) is 0 Å². The minimum Gasteiger partial charge on any atom is -0.508 e. The molecule has 258 valence electrons. The molecule has 15 nitrogen and oxygen atoms in total. The normalized spacial score (nSPS) is 31.3. The molecule has 1 saturated heterocycles. The number of fused-ring (bicyclic) bond motifs is 1. The summed E-state index contributed by atoms with van der Waals surface area (Å²) in [5, 5.41) is 62.2. The van der Waals surface area contributed by atoms with E-state index >= 15 is 0 Å². The lowest BCUT2D eigenvalue weighted by molar-refractivity contribution is -0.345.